The summed E-state index contributed by atoms with van der Waals surface area (Å²) >= 11 is 0. The van der Waals surface area contributed by atoms with Crippen LogP contribution in [0.3, 0.4) is 0 Å². The predicted octanol–water partition coefficient (Wildman–Crippen LogP) is 1.48. The average molecular weight is 278 g/mol. The van der Waals surface area contributed by atoms with Crippen molar-refractivity contribution in [2.45, 2.75) is 32.0 Å². The molecule has 20 heavy (non-hydrogen) atoms. The van der Waals surface area contributed by atoms with Crippen molar-refractivity contribution in [3.8, 4) is 5.75 Å². The number of benzene rings is 1. The number of fused-ring (bicyclic) bond motifs is 1. The third-order valence-corrected chi connectivity index (χ3v) is 3.25. The second-order valence-electron chi connectivity index (χ2n) is 5.33. The molecule has 0 radical (unpaired) electrons. The average Bonchev–Trinajstić information content (AvgIpc) is 2.37. The Morgan fingerprint density at radius 2 is 2.05 bits per heavy atom. The van der Waals surface area contributed by atoms with E-state index >= 15 is 0 Å². The van der Waals surface area contributed by atoms with E-state index in [4.69, 9.17) is 9.15 Å². The molecule has 1 aromatic carbocycles. The molecule has 108 valence electrons. The predicted molar refractivity (Wildman–Crippen MR) is 75.0 cm³/mol. The lowest BCUT2D eigenvalue weighted by atomic mass is 9.94. The van der Waals surface area contributed by atoms with Crippen molar-refractivity contribution >= 4 is 11.0 Å². The number of aliphatic hydroxyl groups is 2. The lowest BCUT2D eigenvalue weighted by Gasteiger charge is -2.25. The molecule has 1 heterocycles. The summed E-state index contributed by atoms with van der Waals surface area (Å²) in [6.07, 6.45) is -0.688. The number of methoxy groups -OCH3 is 1. The zero-order chi connectivity index (χ0) is 14.9. The van der Waals surface area contributed by atoms with Gasteiger partial charge in [0, 0.05) is 23.9 Å². The number of hydrogen-bond donors (Lipinski definition) is 2. The molecule has 1 atom stereocenters. The first-order valence-corrected chi connectivity index (χ1v) is 6.32. The van der Waals surface area contributed by atoms with Crippen LogP contribution in [0.15, 0.2) is 33.5 Å². The van der Waals surface area contributed by atoms with Crippen LogP contribution in [0.4, 0.5) is 0 Å². The minimum atomic E-state index is -1.21. The fourth-order valence-electron chi connectivity index (χ4n) is 1.95. The SMILES string of the molecule is COc1cc2oc(=O)ccc2cc1C[C@@H](O)C(C)(C)O. The molecule has 1 aromatic heterocycles. The molecule has 0 saturated carbocycles. The van der Waals surface area contributed by atoms with Crippen LogP contribution in [-0.2, 0) is 6.42 Å². The van der Waals surface area contributed by atoms with Gasteiger partial charge in [-0.3, -0.25) is 0 Å². The van der Waals surface area contributed by atoms with Crippen LogP contribution in [-0.4, -0.2) is 29.0 Å². The minimum Gasteiger partial charge on any atom is -0.496 e. The Bertz CT molecular complexity index is 666. The van der Waals surface area contributed by atoms with E-state index in [1.807, 2.05) is 0 Å². The van der Waals surface area contributed by atoms with Gasteiger partial charge in [-0.2, -0.15) is 0 Å². The molecule has 5 heteroatoms. The van der Waals surface area contributed by atoms with Crippen molar-refractivity contribution in [1.29, 1.82) is 0 Å². The number of hydrogen-bond acceptors (Lipinski definition) is 5. The van der Waals surface area contributed by atoms with Crippen molar-refractivity contribution in [1.82, 2.24) is 0 Å². The van der Waals surface area contributed by atoms with E-state index in [0.717, 1.165) is 10.9 Å². The summed E-state index contributed by atoms with van der Waals surface area (Å²) in [6.45, 7) is 3.09. The van der Waals surface area contributed by atoms with E-state index in [1.54, 1.807) is 32.0 Å². The largest absolute Gasteiger partial charge is 0.496 e. The van der Waals surface area contributed by atoms with Crippen LogP contribution in [0.2, 0.25) is 0 Å². The summed E-state index contributed by atoms with van der Waals surface area (Å²) in [4.78, 5) is 11.2. The van der Waals surface area contributed by atoms with Gasteiger partial charge in [-0.1, -0.05) is 0 Å². The van der Waals surface area contributed by atoms with Gasteiger partial charge >= 0.3 is 5.63 Å². The number of ether oxygens (including phenoxy) is 1. The summed E-state index contributed by atoms with van der Waals surface area (Å²) in [6, 6.07) is 6.39. The molecule has 0 aliphatic rings. The lowest BCUT2D eigenvalue weighted by molar-refractivity contribution is -0.0471. The maximum atomic E-state index is 11.2. The van der Waals surface area contributed by atoms with E-state index in [0.29, 0.717) is 11.3 Å². The van der Waals surface area contributed by atoms with Gasteiger partial charge in [-0.05, 0) is 31.5 Å². The minimum absolute atomic E-state index is 0.238. The zero-order valence-electron chi connectivity index (χ0n) is 11.7. The summed E-state index contributed by atoms with van der Waals surface area (Å²) in [5, 5.41) is 20.5. The van der Waals surface area contributed by atoms with Crippen LogP contribution in [0.5, 0.6) is 5.75 Å². The van der Waals surface area contributed by atoms with Gasteiger partial charge in [0.25, 0.3) is 0 Å². The molecular formula is C15H18O5. The molecule has 2 aromatic rings. The molecule has 0 spiro atoms. The van der Waals surface area contributed by atoms with Gasteiger partial charge in [-0.15, -0.1) is 0 Å². The molecule has 0 fully saturated rings. The third kappa shape index (κ3) is 3.00. The molecule has 0 aliphatic heterocycles. The van der Waals surface area contributed by atoms with Crippen LogP contribution in [0.25, 0.3) is 11.0 Å². The molecule has 2 rings (SSSR count). The third-order valence-electron chi connectivity index (χ3n) is 3.25. The monoisotopic (exact) mass is 278 g/mol. The second-order valence-corrected chi connectivity index (χ2v) is 5.33. The highest BCUT2D eigenvalue weighted by molar-refractivity contribution is 5.79. The quantitative estimate of drug-likeness (QED) is 0.828. The Hall–Kier alpha value is -1.85. The maximum absolute atomic E-state index is 11.2. The van der Waals surface area contributed by atoms with E-state index in [1.165, 1.54) is 13.2 Å². The van der Waals surface area contributed by atoms with Crippen molar-refractivity contribution in [3.63, 3.8) is 0 Å². The van der Waals surface area contributed by atoms with Crippen molar-refractivity contribution in [2.75, 3.05) is 7.11 Å². The molecule has 2 N–H and O–H groups in total. The summed E-state index contributed by atoms with van der Waals surface area (Å²) in [5.41, 5.74) is -0.466. The fourth-order valence-corrected chi connectivity index (χ4v) is 1.95. The first-order valence-electron chi connectivity index (χ1n) is 6.32. The highest BCUT2D eigenvalue weighted by Crippen LogP contribution is 2.27. The Morgan fingerprint density at radius 1 is 1.35 bits per heavy atom. The fraction of sp³-hybridized carbons (Fsp3) is 0.400. The van der Waals surface area contributed by atoms with Gasteiger partial charge in [0.05, 0.1) is 18.8 Å². The van der Waals surface area contributed by atoms with E-state index < -0.39 is 17.3 Å². The summed E-state index contributed by atoms with van der Waals surface area (Å²) in [5.74, 6) is 0.509. The first kappa shape index (κ1) is 14.6. The van der Waals surface area contributed by atoms with Gasteiger partial charge in [-0.25, -0.2) is 4.79 Å². The van der Waals surface area contributed by atoms with Crippen LogP contribution in [0.1, 0.15) is 19.4 Å². The standard InChI is InChI=1S/C15H18O5/c1-15(2,18)13(16)7-10-6-9-4-5-14(17)20-12(9)8-11(10)19-3/h4-6,8,13,16,18H,7H2,1-3H3/t13-/m1/s1. The van der Waals surface area contributed by atoms with Gasteiger partial charge in [0.2, 0.25) is 0 Å². The van der Waals surface area contributed by atoms with Crippen molar-refractivity contribution in [3.05, 3.63) is 40.2 Å². The maximum Gasteiger partial charge on any atom is 0.336 e. The molecule has 0 amide bonds. The normalized spacial score (nSPS) is 13.4. The van der Waals surface area contributed by atoms with Crippen LogP contribution >= 0.6 is 0 Å². The Labute approximate surface area is 116 Å². The van der Waals surface area contributed by atoms with Gasteiger partial charge in [0.1, 0.15) is 11.3 Å². The van der Waals surface area contributed by atoms with Crippen LogP contribution < -0.4 is 10.4 Å². The topological polar surface area (TPSA) is 79.9 Å². The first-order chi connectivity index (χ1) is 9.31. The zero-order valence-corrected chi connectivity index (χ0v) is 11.7. The smallest absolute Gasteiger partial charge is 0.336 e. The Balaban J connectivity index is 2.47. The van der Waals surface area contributed by atoms with Gasteiger partial charge < -0.3 is 19.4 Å². The molecule has 5 nitrogen and oxygen atoms in total. The summed E-state index contributed by atoms with van der Waals surface area (Å²) in [7, 11) is 1.50. The summed E-state index contributed by atoms with van der Waals surface area (Å²) < 4.78 is 10.3. The van der Waals surface area contributed by atoms with E-state index in [-0.39, 0.29) is 6.42 Å². The molecule has 0 bridgehead atoms. The van der Waals surface area contributed by atoms with E-state index in [2.05, 4.69) is 0 Å². The lowest BCUT2D eigenvalue weighted by Crippen LogP contribution is -2.37. The molecule has 0 unspecified atom stereocenters. The molecule has 0 saturated heterocycles. The van der Waals surface area contributed by atoms with Crippen molar-refractivity contribution < 1.29 is 19.4 Å². The number of aliphatic hydroxyl groups excluding tert-OH is 1. The highest BCUT2D eigenvalue weighted by atomic mass is 16.5. The number of rotatable bonds is 4. The Kier molecular flexibility index (Phi) is 3.83. The van der Waals surface area contributed by atoms with Crippen LogP contribution in [0, 0.1) is 0 Å². The molecular weight excluding hydrogens is 260 g/mol. The highest BCUT2D eigenvalue weighted by Gasteiger charge is 2.25. The molecule has 0 aliphatic carbocycles. The Morgan fingerprint density at radius 3 is 2.65 bits per heavy atom. The second kappa shape index (κ2) is 5.26. The van der Waals surface area contributed by atoms with Gasteiger partial charge in [0.15, 0.2) is 0 Å². The van der Waals surface area contributed by atoms with E-state index in [9.17, 15) is 15.0 Å². The van der Waals surface area contributed by atoms with Crippen molar-refractivity contribution in [2.24, 2.45) is 0 Å².